The predicted octanol–water partition coefficient (Wildman–Crippen LogP) is 2.45. The van der Waals surface area contributed by atoms with Crippen molar-refractivity contribution in [1.82, 2.24) is 4.90 Å². The molecule has 1 unspecified atom stereocenters. The Balaban J connectivity index is 1.70. The molecule has 0 spiro atoms. The molecule has 1 aliphatic heterocycles. The average molecular weight is 298 g/mol. The normalized spacial score (nSPS) is 19.4. The summed E-state index contributed by atoms with van der Waals surface area (Å²) >= 11 is 3.53. The Morgan fingerprint density at radius 2 is 2.18 bits per heavy atom. The van der Waals surface area contributed by atoms with Crippen LogP contribution in [-0.4, -0.2) is 35.3 Å². The predicted molar refractivity (Wildman–Crippen MR) is 70.5 cm³/mol. The van der Waals surface area contributed by atoms with Gasteiger partial charge in [0, 0.05) is 17.9 Å². The number of halogens is 1. The van der Waals surface area contributed by atoms with Crippen molar-refractivity contribution in [2.24, 2.45) is 0 Å². The number of likely N-dealkylation sites (tertiary alicyclic amines) is 1. The van der Waals surface area contributed by atoms with E-state index in [2.05, 4.69) is 15.9 Å². The second kappa shape index (κ2) is 6.05. The number of benzene rings is 1. The molecule has 3 nitrogen and oxygen atoms in total. The quantitative estimate of drug-likeness (QED) is 0.799. The number of para-hydroxylation sites is 1. The number of rotatable bonds is 4. The third kappa shape index (κ3) is 3.73. The van der Waals surface area contributed by atoms with E-state index in [1.165, 1.54) is 0 Å². The lowest BCUT2D eigenvalue weighted by Gasteiger charge is -2.15. The topological polar surface area (TPSA) is 29.5 Å². The van der Waals surface area contributed by atoms with Gasteiger partial charge in [0.1, 0.15) is 5.75 Å². The second-order valence-electron chi connectivity index (χ2n) is 4.14. The summed E-state index contributed by atoms with van der Waals surface area (Å²) in [5, 5.41) is 0. The van der Waals surface area contributed by atoms with E-state index in [0.717, 1.165) is 25.3 Å². The Morgan fingerprint density at radius 1 is 1.41 bits per heavy atom. The van der Waals surface area contributed by atoms with Gasteiger partial charge in [-0.1, -0.05) is 34.1 Å². The number of amides is 1. The number of hydrogen-bond acceptors (Lipinski definition) is 2. The minimum atomic E-state index is 0.183. The Morgan fingerprint density at radius 3 is 2.82 bits per heavy atom. The lowest BCUT2D eigenvalue weighted by atomic mass is 10.3. The molecule has 92 valence electrons. The van der Waals surface area contributed by atoms with Gasteiger partial charge >= 0.3 is 0 Å². The van der Waals surface area contributed by atoms with Crippen LogP contribution in [-0.2, 0) is 4.79 Å². The van der Waals surface area contributed by atoms with Gasteiger partial charge in [0.2, 0.25) is 5.91 Å². The molecule has 1 amide bonds. The molecule has 17 heavy (non-hydrogen) atoms. The lowest BCUT2D eigenvalue weighted by Crippen LogP contribution is -2.29. The Kier molecular flexibility index (Phi) is 4.42. The van der Waals surface area contributed by atoms with Crippen molar-refractivity contribution in [2.75, 3.05) is 19.7 Å². The molecule has 1 atom stereocenters. The van der Waals surface area contributed by atoms with Crippen LogP contribution in [0.5, 0.6) is 5.75 Å². The minimum absolute atomic E-state index is 0.183. The van der Waals surface area contributed by atoms with E-state index < -0.39 is 0 Å². The maximum Gasteiger partial charge on any atom is 0.226 e. The molecule has 1 fully saturated rings. The minimum Gasteiger partial charge on any atom is -0.493 e. The van der Waals surface area contributed by atoms with Crippen molar-refractivity contribution in [3.63, 3.8) is 0 Å². The molecular formula is C13H16BrNO2. The first-order valence-corrected chi connectivity index (χ1v) is 6.77. The van der Waals surface area contributed by atoms with E-state index >= 15 is 0 Å². The first-order valence-electron chi connectivity index (χ1n) is 5.85. The highest BCUT2D eigenvalue weighted by molar-refractivity contribution is 9.09. The summed E-state index contributed by atoms with van der Waals surface area (Å²) in [6, 6.07) is 9.59. The van der Waals surface area contributed by atoms with Crippen LogP contribution in [0.3, 0.4) is 0 Å². The number of carbonyl (C=O) groups excluding carboxylic acids is 1. The number of nitrogens with zero attached hydrogens (tertiary/aromatic N) is 1. The molecule has 1 saturated heterocycles. The van der Waals surface area contributed by atoms with Crippen molar-refractivity contribution in [3.8, 4) is 5.75 Å². The lowest BCUT2D eigenvalue weighted by molar-refractivity contribution is -0.130. The molecule has 1 heterocycles. The fourth-order valence-corrected chi connectivity index (χ4v) is 2.43. The first kappa shape index (κ1) is 12.4. The van der Waals surface area contributed by atoms with Crippen molar-refractivity contribution in [3.05, 3.63) is 30.3 Å². The smallest absolute Gasteiger partial charge is 0.226 e. The van der Waals surface area contributed by atoms with E-state index in [9.17, 15) is 4.79 Å². The molecule has 0 radical (unpaired) electrons. The van der Waals surface area contributed by atoms with Crippen molar-refractivity contribution in [2.45, 2.75) is 17.7 Å². The van der Waals surface area contributed by atoms with Crippen LogP contribution in [0.2, 0.25) is 0 Å². The van der Waals surface area contributed by atoms with Gasteiger partial charge in [0.15, 0.2) is 0 Å². The molecule has 0 aliphatic carbocycles. The van der Waals surface area contributed by atoms with E-state index in [1.54, 1.807) is 0 Å². The molecule has 1 aliphatic rings. The standard InChI is InChI=1S/C13H16BrNO2/c14-11-6-8-15(10-11)13(16)7-9-17-12-4-2-1-3-5-12/h1-5,11H,6-10H2. The van der Waals surface area contributed by atoms with Crippen LogP contribution in [0.4, 0.5) is 0 Å². The highest BCUT2D eigenvalue weighted by Gasteiger charge is 2.23. The summed E-state index contributed by atoms with van der Waals surface area (Å²) in [4.78, 5) is 14.2. The number of ether oxygens (including phenoxy) is 1. The fourth-order valence-electron chi connectivity index (χ4n) is 1.88. The van der Waals surface area contributed by atoms with Gasteiger partial charge < -0.3 is 9.64 Å². The van der Waals surface area contributed by atoms with Gasteiger partial charge in [-0.25, -0.2) is 0 Å². The average Bonchev–Trinajstić information content (AvgIpc) is 2.77. The molecule has 1 aromatic carbocycles. The highest BCUT2D eigenvalue weighted by Crippen LogP contribution is 2.17. The zero-order valence-electron chi connectivity index (χ0n) is 9.64. The molecule has 2 rings (SSSR count). The molecule has 1 aromatic rings. The summed E-state index contributed by atoms with van der Waals surface area (Å²) in [5.74, 6) is 1.00. The summed E-state index contributed by atoms with van der Waals surface area (Å²) < 4.78 is 5.50. The zero-order valence-corrected chi connectivity index (χ0v) is 11.2. The molecule has 4 heteroatoms. The highest BCUT2D eigenvalue weighted by atomic mass is 79.9. The summed E-state index contributed by atoms with van der Waals surface area (Å²) in [5.41, 5.74) is 0. The van der Waals surface area contributed by atoms with Crippen molar-refractivity contribution >= 4 is 21.8 Å². The third-order valence-corrected chi connectivity index (χ3v) is 3.56. The monoisotopic (exact) mass is 297 g/mol. The molecular weight excluding hydrogens is 282 g/mol. The maximum absolute atomic E-state index is 11.8. The summed E-state index contributed by atoms with van der Waals surface area (Å²) in [6.45, 7) is 2.14. The third-order valence-electron chi connectivity index (χ3n) is 2.81. The number of carbonyl (C=O) groups is 1. The Bertz CT molecular complexity index is 369. The molecule has 0 bridgehead atoms. The van der Waals surface area contributed by atoms with Crippen LogP contribution in [0.25, 0.3) is 0 Å². The van der Waals surface area contributed by atoms with E-state index in [1.807, 2.05) is 35.2 Å². The van der Waals surface area contributed by atoms with E-state index in [-0.39, 0.29) is 5.91 Å². The summed E-state index contributed by atoms with van der Waals surface area (Å²) in [6.07, 6.45) is 1.50. The fraction of sp³-hybridized carbons (Fsp3) is 0.462. The van der Waals surface area contributed by atoms with Gasteiger partial charge in [-0.3, -0.25) is 4.79 Å². The van der Waals surface area contributed by atoms with Crippen LogP contribution in [0, 0.1) is 0 Å². The number of hydrogen-bond donors (Lipinski definition) is 0. The van der Waals surface area contributed by atoms with Crippen LogP contribution in [0.1, 0.15) is 12.8 Å². The Hall–Kier alpha value is -1.03. The van der Waals surface area contributed by atoms with Crippen LogP contribution < -0.4 is 4.74 Å². The largest absolute Gasteiger partial charge is 0.493 e. The summed E-state index contributed by atoms with van der Waals surface area (Å²) in [7, 11) is 0. The van der Waals surface area contributed by atoms with Crippen molar-refractivity contribution < 1.29 is 9.53 Å². The van der Waals surface area contributed by atoms with E-state index in [4.69, 9.17) is 4.74 Å². The van der Waals surface area contributed by atoms with Gasteiger partial charge in [0.25, 0.3) is 0 Å². The van der Waals surface area contributed by atoms with Gasteiger partial charge in [0.05, 0.1) is 13.0 Å². The molecule has 0 saturated carbocycles. The van der Waals surface area contributed by atoms with Crippen molar-refractivity contribution in [1.29, 1.82) is 0 Å². The van der Waals surface area contributed by atoms with Gasteiger partial charge in [-0.2, -0.15) is 0 Å². The molecule has 0 N–H and O–H groups in total. The zero-order chi connectivity index (χ0) is 12.1. The van der Waals surface area contributed by atoms with Crippen LogP contribution >= 0.6 is 15.9 Å². The van der Waals surface area contributed by atoms with Gasteiger partial charge in [-0.15, -0.1) is 0 Å². The number of alkyl halides is 1. The second-order valence-corrected chi connectivity index (χ2v) is 5.43. The van der Waals surface area contributed by atoms with E-state index in [0.29, 0.717) is 17.9 Å². The Labute approximate surface area is 110 Å². The first-order chi connectivity index (χ1) is 8.25. The maximum atomic E-state index is 11.8. The van der Waals surface area contributed by atoms with Crippen LogP contribution in [0.15, 0.2) is 30.3 Å². The van der Waals surface area contributed by atoms with Gasteiger partial charge in [-0.05, 0) is 18.6 Å². The SMILES string of the molecule is O=C(CCOc1ccccc1)N1CCC(Br)C1. The molecule has 0 aromatic heterocycles.